The van der Waals surface area contributed by atoms with E-state index in [1.807, 2.05) is 13.8 Å². The van der Waals surface area contributed by atoms with Gasteiger partial charge in [0.15, 0.2) is 0 Å². The quantitative estimate of drug-likeness (QED) is 0.266. The molecule has 1 aromatic rings. The van der Waals surface area contributed by atoms with Crippen LogP contribution >= 0.6 is 23.5 Å². The Labute approximate surface area is 172 Å². The number of carbonyl (C=O) groups is 2. The van der Waals surface area contributed by atoms with Crippen molar-refractivity contribution < 1.29 is 33.4 Å². The Morgan fingerprint density at radius 1 is 1.32 bits per heavy atom. The number of urea groups is 1. The molecule has 0 saturated heterocycles. The third-order valence-electron chi connectivity index (χ3n) is 3.57. The first-order chi connectivity index (χ1) is 13.1. The maximum absolute atomic E-state index is 12.6. The zero-order valence-corrected chi connectivity index (χ0v) is 18.5. The van der Waals surface area contributed by atoms with Crippen molar-refractivity contribution in [1.29, 1.82) is 0 Å². The van der Waals surface area contributed by atoms with Crippen LogP contribution in [-0.2, 0) is 20.5 Å². The SMILES string of the molecule is COC(=O)C(Cc1cccc(OCBr)c1)NC(=O)N(CC(C)C)CP(=O)(O)O. The highest BCUT2D eigenvalue weighted by atomic mass is 79.9. The second-order valence-corrected chi connectivity index (χ2v) is 8.62. The van der Waals surface area contributed by atoms with Crippen molar-refractivity contribution in [2.45, 2.75) is 26.3 Å². The van der Waals surface area contributed by atoms with E-state index in [1.165, 1.54) is 7.11 Å². The van der Waals surface area contributed by atoms with Crippen molar-refractivity contribution in [2.75, 3.05) is 25.5 Å². The molecule has 0 heterocycles. The molecule has 0 aliphatic heterocycles. The number of methoxy groups -OCH3 is 1. The number of hydrogen-bond acceptors (Lipinski definition) is 5. The minimum Gasteiger partial charge on any atom is -0.482 e. The normalized spacial score (nSPS) is 12.4. The summed E-state index contributed by atoms with van der Waals surface area (Å²) in [5.74, 6) is -0.0972. The minimum atomic E-state index is -4.46. The Morgan fingerprint density at radius 3 is 2.54 bits per heavy atom. The van der Waals surface area contributed by atoms with Crippen molar-refractivity contribution in [2.24, 2.45) is 5.92 Å². The molecule has 0 fully saturated rings. The highest BCUT2D eigenvalue weighted by molar-refractivity contribution is 9.09. The van der Waals surface area contributed by atoms with Crippen LogP contribution in [0.25, 0.3) is 0 Å². The van der Waals surface area contributed by atoms with Gasteiger partial charge < -0.3 is 29.5 Å². The van der Waals surface area contributed by atoms with Gasteiger partial charge in [-0.3, -0.25) is 4.57 Å². The summed E-state index contributed by atoms with van der Waals surface area (Å²) in [6, 6.07) is 5.22. The van der Waals surface area contributed by atoms with Crippen LogP contribution in [-0.4, -0.2) is 58.2 Å². The van der Waals surface area contributed by atoms with E-state index in [2.05, 4.69) is 21.2 Å². The van der Waals surface area contributed by atoms with Crippen LogP contribution in [0.1, 0.15) is 19.4 Å². The first-order valence-corrected chi connectivity index (χ1v) is 11.4. The molecule has 0 aliphatic carbocycles. The van der Waals surface area contributed by atoms with E-state index in [9.17, 15) is 23.9 Å². The van der Waals surface area contributed by atoms with E-state index in [1.54, 1.807) is 24.3 Å². The number of benzene rings is 1. The lowest BCUT2D eigenvalue weighted by atomic mass is 10.1. The van der Waals surface area contributed by atoms with Gasteiger partial charge in [0.1, 0.15) is 23.6 Å². The summed E-state index contributed by atoms with van der Waals surface area (Å²) < 4.78 is 21.5. The molecule has 0 spiro atoms. The molecule has 9 nitrogen and oxygen atoms in total. The summed E-state index contributed by atoms with van der Waals surface area (Å²) in [6.45, 7) is 3.75. The smallest absolute Gasteiger partial charge is 0.344 e. The molecule has 1 atom stereocenters. The van der Waals surface area contributed by atoms with Crippen LogP contribution in [0.2, 0.25) is 0 Å². The Balaban J connectivity index is 2.97. The third kappa shape index (κ3) is 9.05. The van der Waals surface area contributed by atoms with E-state index in [4.69, 9.17) is 9.47 Å². The van der Waals surface area contributed by atoms with Crippen molar-refractivity contribution in [3.63, 3.8) is 0 Å². The number of nitrogens with one attached hydrogen (secondary N) is 1. The lowest BCUT2D eigenvalue weighted by Crippen LogP contribution is -2.50. The van der Waals surface area contributed by atoms with Crippen molar-refractivity contribution >= 4 is 35.5 Å². The van der Waals surface area contributed by atoms with Gasteiger partial charge >= 0.3 is 19.6 Å². The first-order valence-electron chi connectivity index (χ1n) is 8.51. The van der Waals surface area contributed by atoms with Gasteiger partial charge in [0.25, 0.3) is 0 Å². The van der Waals surface area contributed by atoms with Crippen LogP contribution in [0.4, 0.5) is 4.79 Å². The molecule has 0 aliphatic rings. The maximum Gasteiger partial charge on any atom is 0.344 e. The summed E-state index contributed by atoms with van der Waals surface area (Å²) in [7, 11) is -3.26. The number of amides is 2. The van der Waals surface area contributed by atoms with Crippen LogP contribution in [0.5, 0.6) is 5.75 Å². The van der Waals surface area contributed by atoms with Crippen LogP contribution in [0, 0.1) is 5.92 Å². The fraction of sp³-hybridized carbons (Fsp3) is 0.529. The lowest BCUT2D eigenvalue weighted by molar-refractivity contribution is -0.142. The van der Waals surface area contributed by atoms with Crippen LogP contribution < -0.4 is 10.1 Å². The number of carbonyl (C=O) groups excluding carboxylic acids is 2. The topological polar surface area (TPSA) is 125 Å². The van der Waals surface area contributed by atoms with Gasteiger partial charge in [0.2, 0.25) is 0 Å². The van der Waals surface area contributed by atoms with Gasteiger partial charge in [0, 0.05) is 13.0 Å². The van der Waals surface area contributed by atoms with E-state index in [0.717, 1.165) is 10.5 Å². The van der Waals surface area contributed by atoms with Crippen molar-refractivity contribution in [3.05, 3.63) is 29.8 Å². The van der Waals surface area contributed by atoms with Gasteiger partial charge in [-0.15, -0.1) is 0 Å². The molecule has 0 aromatic heterocycles. The largest absolute Gasteiger partial charge is 0.482 e. The molecule has 1 rings (SSSR count). The Hall–Kier alpha value is -1.61. The highest BCUT2D eigenvalue weighted by Crippen LogP contribution is 2.35. The molecule has 11 heteroatoms. The van der Waals surface area contributed by atoms with Gasteiger partial charge in [0.05, 0.1) is 7.11 Å². The number of ether oxygens (including phenoxy) is 2. The van der Waals surface area contributed by atoms with Gasteiger partial charge in [-0.1, -0.05) is 26.0 Å². The monoisotopic (exact) mass is 480 g/mol. The summed E-state index contributed by atoms with van der Waals surface area (Å²) >= 11 is 3.17. The highest BCUT2D eigenvalue weighted by Gasteiger charge is 2.28. The number of halogens is 1. The average molecular weight is 481 g/mol. The average Bonchev–Trinajstić information content (AvgIpc) is 2.59. The van der Waals surface area contributed by atoms with Crippen molar-refractivity contribution in [3.8, 4) is 5.75 Å². The predicted octanol–water partition coefficient (Wildman–Crippen LogP) is 2.30. The molecule has 28 heavy (non-hydrogen) atoms. The summed E-state index contributed by atoms with van der Waals surface area (Å²) in [4.78, 5) is 44.2. The van der Waals surface area contributed by atoms with Crippen molar-refractivity contribution in [1.82, 2.24) is 10.2 Å². The molecule has 0 bridgehead atoms. The Morgan fingerprint density at radius 2 is 2.00 bits per heavy atom. The number of hydrogen-bond donors (Lipinski definition) is 3. The Kier molecular flexibility index (Phi) is 9.95. The van der Waals surface area contributed by atoms with E-state index < -0.39 is 31.9 Å². The minimum absolute atomic E-state index is 0.0213. The Bertz CT molecular complexity index is 711. The third-order valence-corrected chi connectivity index (χ3v) is 4.51. The van der Waals surface area contributed by atoms with Crippen LogP contribution in [0.3, 0.4) is 0 Å². The molecule has 1 aromatic carbocycles. The predicted molar refractivity (Wildman–Crippen MR) is 107 cm³/mol. The van der Waals surface area contributed by atoms with Gasteiger partial charge in [-0.25, -0.2) is 9.59 Å². The fourth-order valence-corrected chi connectivity index (χ4v) is 3.46. The zero-order chi connectivity index (χ0) is 21.3. The number of alkyl halides is 1. The van der Waals surface area contributed by atoms with E-state index in [0.29, 0.717) is 11.3 Å². The molecule has 158 valence electrons. The van der Waals surface area contributed by atoms with Gasteiger partial charge in [-0.2, -0.15) is 0 Å². The maximum atomic E-state index is 12.6. The number of rotatable bonds is 10. The van der Waals surface area contributed by atoms with Crippen LogP contribution in [0.15, 0.2) is 24.3 Å². The molecule has 3 N–H and O–H groups in total. The second-order valence-electron chi connectivity index (χ2n) is 6.55. The summed E-state index contributed by atoms with van der Waals surface area (Å²) in [5.41, 5.74) is 1.03. The fourth-order valence-electron chi connectivity index (χ4n) is 2.50. The van der Waals surface area contributed by atoms with E-state index in [-0.39, 0.29) is 18.9 Å². The summed E-state index contributed by atoms with van der Waals surface area (Å²) in [6.07, 6.45) is -0.608. The second kappa shape index (κ2) is 11.4. The van der Waals surface area contributed by atoms with Gasteiger partial charge in [-0.05, 0) is 39.5 Å². The number of nitrogens with zero attached hydrogens (tertiary/aromatic N) is 1. The lowest BCUT2D eigenvalue weighted by Gasteiger charge is -2.27. The van der Waals surface area contributed by atoms with E-state index >= 15 is 0 Å². The standard InChI is InChI=1S/C17H26BrN2O7P/c1-12(2)9-20(11-28(23,24)25)17(22)19-15(16(21)26-3)8-13-5-4-6-14(7-13)27-10-18/h4-7,12,15H,8-11H2,1-3H3,(H,19,22)(H2,23,24,25). The first kappa shape index (κ1) is 24.4. The molecular formula is C17H26BrN2O7P. The molecule has 0 saturated carbocycles. The summed E-state index contributed by atoms with van der Waals surface area (Å²) in [5, 5.41) is 2.51. The number of esters is 1. The zero-order valence-electron chi connectivity index (χ0n) is 16.0. The molecule has 0 radical (unpaired) electrons. The molecule has 1 unspecified atom stereocenters. The molecular weight excluding hydrogens is 455 g/mol. The molecule has 2 amide bonds.